The molecular formula is C6H13N5O. The Bertz CT molecular complexity index is 223. The van der Waals surface area contributed by atoms with Gasteiger partial charge < -0.3 is 10.1 Å². The lowest BCUT2D eigenvalue weighted by molar-refractivity contribution is 0.199. The third kappa shape index (κ3) is 2.55. The van der Waals surface area contributed by atoms with Crippen LogP contribution >= 0.6 is 0 Å². The topological polar surface area (TPSA) is 64.9 Å². The van der Waals surface area contributed by atoms with E-state index in [1.807, 2.05) is 7.05 Å². The molecule has 0 aliphatic rings. The summed E-state index contributed by atoms with van der Waals surface area (Å²) in [4.78, 5) is 0. The summed E-state index contributed by atoms with van der Waals surface area (Å²) >= 11 is 0. The number of rotatable bonds is 5. The largest absolute Gasteiger partial charge is 0.383 e. The molecule has 0 bridgehead atoms. The van der Waals surface area contributed by atoms with Gasteiger partial charge in [0.2, 0.25) is 0 Å². The van der Waals surface area contributed by atoms with Crippen LogP contribution in [0, 0.1) is 0 Å². The van der Waals surface area contributed by atoms with Crippen molar-refractivity contribution < 1.29 is 4.74 Å². The lowest BCUT2D eigenvalue weighted by Gasteiger charge is -2.01. The van der Waals surface area contributed by atoms with Crippen LogP contribution in [0.1, 0.15) is 5.82 Å². The number of methoxy groups -OCH3 is 1. The quantitative estimate of drug-likeness (QED) is 0.572. The lowest BCUT2D eigenvalue weighted by Crippen LogP contribution is -2.20. The van der Waals surface area contributed by atoms with Crippen LogP contribution in [0.4, 0.5) is 0 Å². The highest BCUT2D eigenvalue weighted by Gasteiger charge is 1.99. The van der Waals surface area contributed by atoms with Gasteiger partial charge >= 0.3 is 0 Å². The molecule has 6 nitrogen and oxygen atoms in total. The van der Waals surface area contributed by atoms with Crippen molar-refractivity contribution >= 4 is 0 Å². The van der Waals surface area contributed by atoms with Crippen LogP contribution in [-0.2, 0) is 18.3 Å². The third-order valence-corrected chi connectivity index (χ3v) is 1.47. The Balaban J connectivity index is 2.20. The molecule has 1 heterocycles. The summed E-state index contributed by atoms with van der Waals surface area (Å²) in [6, 6.07) is 0. The Morgan fingerprint density at radius 2 is 2.42 bits per heavy atom. The maximum atomic E-state index is 4.87. The van der Waals surface area contributed by atoms with Gasteiger partial charge in [0, 0.05) is 20.7 Å². The highest BCUT2D eigenvalue weighted by molar-refractivity contribution is 4.77. The summed E-state index contributed by atoms with van der Waals surface area (Å²) in [5.74, 6) is 0.825. The predicted molar refractivity (Wildman–Crippen MR) is 42.4 cm³/mol. The van der Waals surface area contributed by atoms with Crippen molar-refractivity contribution in [3.63, 3.8) is 0 Å². The Kier molecular flexibility index (Phi) is 3.62. The number of tetrazole rings is 1. The molecule has 0 saturated heterocycles. The van der Waals surface area contributed by atoms with E-state index in [1.54, 1.807) is 11.8 Å². The van der Waals surface area contributed by atoms with Gasteiger partial charge in [-0.15, -0.1) is 5.10 Å². The second-order valence-corrected chi connectivity index (χ2v) is 2.39. The SMILES string of the molecule is COCCNCc1nnnn1C. The number of aryl methyl sites for hydroxylation is 1. The van der Waals surface area contributed by atoms with Gasteiger partial charge in [-0.3, -0.25) is 0 Å². The summed E-state index contributed by atoms with van der Waals surface area (Å²) in [6.45, 7) is 2.18. The van der Waals surface area contributed by atoms with E-state index < -0.39 is 0 Å². The Morgan fingerprint density at radius 1 is 1.58 bits per heavy atom. The Hall–Kier alpha value is -1.01. The van der Waals surface area contributed by atoms with Crippen molar-refractivity contribution in [1.82, 2.24) is 25.5 Å². The third-order valence-electron chi connectivity index (χ3n) is 1.47. The lowest BCUT2D eigenvalue weighted by atomic mass is 10.5. The molecular weight excluding hydrogens is 158 g/mol. The minimum Gasteiger partial charge on any atom is -0.383 e. The van der Waals surface area contributed by atoms with E-state index in [0.717, 1.165) is 12.4 Å². The number of hydrogen-bond donors (Lipinski definition) is 1. The number of nitrogens with zero attached hydrogens (tertiary/aromatic N) is 4. The highest BCUT2D eigenvalue weighted by Crippen LogP contribution is 1.85. The fraction of sp³-hybridized carbons (Fsp3) is 0.833. The molecule has 0 radical (unpaired) electrons. The maximum absolute atomic E-state index is 4.87. The van der Waals surface area contributed by atoms with Crippen molar-refractivity contribution in [3.05, 3.63) is 5.82 Å². The molecule has 1 aromatic heterocycles. The standard InChI is InChI=1S/C6H13N5O/c1-11-6(8-9-10-11)5-7-3-4-12-2/h7H,3-5H2,1-2H3. The zero-order valence-electron chi connectivity index (χ0n) is 7.32. The fourth-order valence-corrected chi connectivity index (χ4v) is 0.772. The van der Waals surface area contributed by atoms with Crippen LogP contribution in [0.25, 0.3) is 0 Å². The molecule has 0 aromatic carbocycles. The first-order chi connectivity index (χ1) is 5.84. The minimum atomic E-state index is 0.673. The van der Waals surface area contributed by atoms with Crippen LogP contribution in [0.15, 0.2) is 0 Å². The Labute approximate surface area is 70.9 Å². The molecule has 0 saturated carbocycles. The van der Waals surface area contributed by atoms with Gasteiger partial charge in [0.1, 0.15) is 0 Å². The van der Waals surface area contributed by atoms with E-state index in [2.05, 4.69) is 20.8 Å². The molecule has 0 spiro atoms. The molecule has 1 aromatic rings. The average molecular weight is 171 g/mol. The normalized spacial score (nSPS) is 10.5. The molecule has 1 N–H and O–H groups in total. The molecule has 0 aliphatic carbocycles. The van der Waals surface area contributed by atoms with Gasteiger partial charge in [-0.25, -0.2) is 4.68 Å². The second-order valence-electron chi connectivity index (χ2n) is 2.39. The van der Waals surface area contributed by atoms with Gasteiger partial charge in [0.15, 0.2) is 5.82 Å². The van der Waals surface area contributed by atoms with Gasteiger partial charge in [-0.2, -0.15) is 0 Å². The van der Waals surface area contributed by atoms with E-state index in [1.165, 1.54) is 0 Å². The fourth-order valence-electron chi connectivity index (χ4n) is 0.772. The van der Waals surface area contributed by atoms with Crippen LogP contribution in [-0.4, -0.2) is 40.5 Å². The molecule has 6 heteroatoms. The number of ether oxygens (including phenoxy) is 1. The molecule has 0 unspecified atom stereocenters. The first kappa shape index (κ1) is 9.08. The smallest absolute Gasteiger partial charge is 0.164 e. The van der Waals surface area contributed by atoms with E-state index in [-0.39, 0.29) is 0 Å². The monoisotopic (exact) mass is 171 g/mol. The number of nitrogens with one attached hydrogen (secondary N) is 1. The van der Waals surface area contributed by atoms with E-state index in [0.29, 0.717) is 13.2 Å². The molecule has 1 rings (SSSR count). The zero-order chi connectivity index (χ0) is 8.81. The second kappa shape index (κ2) is 4.78. The highest BCUT2D eigenvalue weighted by atomic mass is 16.5. The predicted octanol–water partition coefficient (Wildman–Crippen LogP) is -1.05. The van der Waals surface area contributed by atoms with Crippen LogP contribution < -0.4 is 5.32 Å². The number of aromatic nitrogens is 4. The summed E-state index contributed by atoms with van der Waals surface area (Å²) in [6.07, 6.45) is 0. The van der Waals surface area contributed by atoms with Crippen molar-refractivity contribution in [2.24, 2.45) is 7.05 Å². The van der Waals surface area contributed by atoms with Crippen molar-refractivity contribution in [1.29, 1.82) is 0 Å². The van der Waals surface area contributed by atoms with Gasteiger partial charge in [-0.05, 0) is 10.4 Å². The van der Waals surface area contributed by atoms with Crippen LogP contribution in [0.3, 0.4) is 0 Å². The first-order valence-corrected chi connectivity index (χ1v) is 3.75. The van der Waals surface area contributed by atoms with E-state index in [9.17, 15) is 0 Å². The molecule has 0 aliphatic heterocycles. The van der Waals surface area contributed by atoms with Gasteiger partial charge in [0.25, 0.3) is 0 Å². The van der Waals surface area contributed by atoms with Crippen molar-refractivity contribution in [2.75, 3.05) is 20.3 Å². The van der Waals surface area contributed by atoms with Crippen molar-refractivity contribution in [2.45, 2.75) is 6.54 Å². The summed E-state index contributed by atoms with van der Waals surface area (Å²) in [7, 11) is 3.49. The van der Waals surface area contributed by atoms with Gasteiger partial charge in [0.05, 0.1) is 13.2 Å². The summed E-state index contributed by atoms with van der Waals surface area (Å²) in [5.41, 5.74) is 0. The zero-order valence-corrected chi connectivity index (χ0v) is 7.32. The summed E-state index contributed by atoms with van der Waals surface area (Å²) < 4.78 is 6.51. The first-order valence-electron chi connectivity index (χ1n) is 3.75. The van der Waals surface area contributed by atoms with Crippen LogP contribution in [0.2, 0.25) is 0 Å². The molecule has 0 fully saturated rings. The molecule has 0 atom stereocenters. The Morgan fingerprint density at radius 3 is 3.00 bits per heavy atom. The maximum Gasteiger partial charge on any atom is 0.164 e. The molecule has 0 amide bonds. The van der Waals surface area contributed by atoms with Gasteiger partial charge in [-0.1, -0.05) is 0 Å². The molecule has 68 valence electrons. The van der Waals surface area contributed by atoms with Crippen LogP contribution in [0.5, 0.6) is 0 Å². The van der Waals surface area contributed by atoms with E-state index >= 15 is 0 Å². The average Bonchev–Trinajstić information content (AvgIpc) is 2.46. The van der Waals surface area contributed by atoms with E-state index in [4.69, 9.17) is 4.74 Å². The molecule has 12 heavy (non-hydrogen) atoms. The number of hydrogen-bond acceptors (Lipinski definition) is 5. The van der Waals surface area contributed by atoms with Crippen molar-refractivity contribution in [3.8, 4) is 0 Å². The minimum absolute atomic E-state index is 0.673. The summed E-state index contributed by atoms with van der Waals surface area (Å²) in [5, 5.41) is 14.2.